The van der Waals surface area contributed by atoms with Gasteiger partial charge < -0.3 is 10.1 Å². The van der Waals surface area contributed by atoms with Crippen LogP contribution < -0.4 is 5.32 Å². The molecule has 1 N–H and O–H groups in total. The maximum Gasteiger partial charge on any atom is 0.0597 e. The van der Waals surface area contributed by atoms with E-state index in [1.165, 1.54) is 19.3 Å². The molecular formula is C14H29NO. The molecule has 0 bridgehead atoms. The average molecular weight is 227 g/mol. The molecule has 0 spiro atoms. The Bertz CT molecular complexity index is 195. The smallest absolute Gasteiger partial charge is 0.0597 e. The number of rotatable bonds is 6. The summed E-state index contributed by atoms with van der Waals surface area (Å²) >= 11 is 0. The normalized spacial score (nSPS) is 36.6. The molecule has 2 nitrogen and oxygen atoms in total. The third-order valence-corrected chi connectivity index (χ3v) is 4.12. The highest BCUT2D eigenvalue weighted by Gasteiger charge is 2.40. The van der Waals surface area contributed by atoms with Gasteiger partial charge in [0.15, 0.2) is 0 Å². The van der Waals surface area contributed by atoms with Crippen molar-refractivity contribution in [1.29, 1.82) is 0 Å². The Kier molecular flexibility index (Phi) is 5.77. The van der Waals surface area contributed by atoms with Gasteiger partial charge in [-0.1, -0.05) is 33.6 Å². The van der Waals surface area contributed by atoms with Crippen molar-refractivity contribution in [2.24, 2.45) is 11.8 Å². The molecule has 0 amide bonds. The second-order valence-electron chi connectivity index (χ2n) is 5.29. The van der Waals surface area contributed by atoms with Crippen LogP contribution in [0.1, 0.15) is 53.9 Å². The standard InChI is InChI=1S/C14H29NO/c1-6-8-9-13(15-7-2)14-10(3)11(4)16-12(14)5/h10-15H,6-9H2,1-5H3. The first-order chi connectivity index (χ1) is 7.61. The summed E-state index contributed by atoms with van der Waals surface area (Å²) in [6.45, 7) is 12.3. The monoisotopic (exact) mass is 227 g/mol. The lowest BCUT2D eigenvalue weighted by Gasteiger charge is -2.29. The molecular weight excluding hydrogens is 198 g/mol. The third kappa shape index (κ3) is 3.21. The molecule has 96 valence electrons. The molecule has 1 aliphatic heterocycles. The lowest BCUT2D eigenvalue weighted by atomic mass is 9.81. The number of hydrogen-bond donors (Lipinski definition) is 1. The molecule has 1 fully saturated rings. The molecule has 1 rings (SSSR count). The quantitative estimate of drug-likeness (QED) is 0.752. The van der Waals surface area contributed by atoms with E-state index in [0.717, 1.165) is 6.54 Å². The Hall–Kier alpha value is -0.0800. The lowest BCUT2D eigenvalue weighted by Crippen LogP contribution is -2.41. The van der Waals surface area contributed by atoms with Crippen molar-refractivity contribution in [1.82, 2.24) is 5.32 Å². The van der Waals surface area contributed by atoms with Crippen LogP contribution >= 0.6 is 0 Å². The minimum Gasteiger partial charge on any atom is -0.375 e. The molecule has 1 heterocycles. The fraction of sp³-hybridized carbons (Fsp3) is 1.00. The largest absolute Gasteiger partial charge is 0.375 e. The van der Waals surface area contributed by atoms with Crippen LogP contribution in [0.5, 0.6) is 0 Å². The highest BCUT2D eigenvalue weighted by molar-refractivity contribution is 4.91. The molecule has 0 aromatic rings. The molecule has 5 atom stereocenters. The Balaban J connectivity index is 2.61. The predicted octanol–water partition coefficient (Wildman–Crippen LogP) is 3.21. The molecule has 0 radical (unpaired) electrons. The molecule has 0 aromatic heterocycles. The summed E-state index contributed by atoms with van der Waals surface area (Å²) in [5, 5.41) is 3.66. The number of unbranched alkanes of at least 4 members (excludes halogenated alkanes) is 1. The Labute approximate surface area is 101 Å². The van der Waals surface area contributed by atoms with Gasteiger partial charge in [0.2, 0.25) is 0 Å². The van der Waals surface area contributed by atoms with Crippen LogP contribution in [-0.2, 0) is 4.74 Å². The van der Waals surface area contributed by atoms with Crippen LogP contribution in [0.3, 0.4) is 0 Å². The Morgan fingerprint density at radius 3 is 2.25 bits per heavy atom. The van der Waals surface area contributed by atoms with Crippen molar-refractivity contribution in [3.8, 4) is 0 Å². The van der Waals surface area contributed by atoms with Gasteiger partial charge in [0.25, 0.3) is 0 Å². The molecule has 1 saturated heterocycles. The number of ether oxygens (including phenoxy) is 1. The van der Waals surface area contributed by atoms with E-state index < -0.39 is 0 Å². The van der Waals surface area contributed by atoms with Gasteiger partial charge in [0.1, 0.15) is 0 Å². The van der Waals surface area contributed by atoms with Crippen LogP contribution in [0.25, 0.3) is 0 Å². The number of nitrogens with one attached hydrogen (secondary N) is 1. The minimum absolute atomic E-state index is 0.408. The van der Waals surface area contributed by atoms with E-state index in [0.29, 0.717) is 30.1 Å². The summed E-state index contributed by atoms with van der Waals surface area (Å²) in [4.78, 5) is 0. The summed E-state index contributed by atoms with van der Waals surface area (Å²) in [6.07, 6.45) is 4.73. The van der Waals surface area contributed by atoms with Crippen LogP contribution in [0.4, 0.5) is 0 Å². The van der Waals surface area contributed by atoms with Crippen LogP contribution in [0.15, 0.2) is 0 Å². The molecule has 2 heteroatoms. The maximum atomic E-state index is 5.95. The van der Waals surface area contributed by atoms with Gasteiger partial charge in [-0.25, -0.2) is 0 Å². The summed E-state index contributed by atoms with van der Waals surface area (Å²) in [7, 11) is 0. The second-order valence-corrected chi connectivity index (χ2v) is 5.29. The fourth-order valence-corrected chi connectivity index (χ4v) is 3.10. The summed E-state index contributed by atoms with van der Waals surface area (Å²) < 4.78 is 5.95. The van der Waals surface area contributed by atoms with E-state index in [2.05, 4.69) is 39.9 Å². The van der Waals surface area contributed by atoms with Crippen molar-refractivity contribution in [2.75, 3.05) is 6.54 Å². The van der Waals surface area contributed by atoms with E-state index in [1.54, 1.807) is 0 Å². The molecule has 16 heavy (non-hydrogen) atoms. The van der Waals surface area contributed by atoms with E-state index >= 15 is 0 Å². The van der Waals surface area contributed by atoms with Gasteiger partial charge in [-0.2, -0.15) is 0 Å². The van der Waals surface area contributed by atoms with Crippen molar-refractivity contribution >= 4 is 0 Å². The first-order valence-electron chi connectivity index (χ1n) is 7.00. The van der Waals surface area contributed by atoms with Gasteiger partial charge in [-0.15, -0.1) is 0 Å². The van der Waals surface area contributed by atoms with Crippen molar-refractivity contribution in [2.45, 2.75) is 72.1 Å². The summed E-state index contributed by atoms with van der Waals surface area (Å²) in [6, 6.07) is 0.639. The van der Waals surface area contributed by atoms with Crippen molar-refractivity contribution < 1.29 is 4.74 Å². The summed E-state index contributed by atoms with van der Waals surface area (Å²) in [5.74, 6) is 1.36. The van der Waals surface area contributed by atoms with E-state index in [9.17, 15) is 0 Å². The Morgan fingerprint density at radius 2 is 1.81 bits per heavy atom. The van der Waals surface area contributed by atoms with Gasteiger partial charge in [-0.05, 0) is 32.7 Å². The van der Waals surface area contributed by atoms with E-state index in [4.69, 9.17) is 4.74 Å². The predicted molar refractivity (Wildman–Crippen MR) is 69.7 cm³/mol. The topological polar surface area (TPSA) is 21.3 Å². The Morgan fingerprint density at radius 1 is 1.12 bits per heavy atom. The number of hydrogen-bond acceptors (Lipinski definition) is 2. The van der Waals surface area contributed by atoms with Gasteiger partial charge in [-0.3, -0.25) is 0 Å². The second kappa shape index (κ2) is 6.61. The van der Waals surface area contributed by atoms with Crippen LogP contribution in [0, 0.1) is 11.8 Å². The van der Waals surface area contributed by atoms with Crippen molar-refractivity contribution in [3.63, 3.8) is 0 Å². The molecule has 0 saturated carbocycles. The highest BCUT2D eigenvalue weighted by atomic mass is 16.5. The molecule has 0 aromatic carbocycles. The zero-order valence-corrected chi connectivity index (χ0v) is 11.6. The van der Waals surface area contributed by atoms with Crippen LogP contribution in [-0.4, -0.2) is 24.8 Å². The van der Waals surface area contributed by atoms with Gasteiger partial charge in [0, 0.05) is 12.0 Å². The van der Waals surface area contributed by atoms with Gasteiger partial charge in [0.05, 0.1) is 12.2 Å². The first-order valence-corrected chi connectivity index (χ1v) is 7.00. The van der Waals surface area contributed by atoms with Gasteiger partial charge >= 0.3 is 0 Å². The van der Waals surface area contributed by atoms with Crippen molar-refractivity contribution in [3.05, 3.63) is 0 Å². The van der Waals surface area contributed by atoms with E-state index in [-0.39, 0.29) is 0 Å². The lowest BCUT2D eigenvalue weighted by molar-refractivity contribution is 0.0472. The zero-order chi connectivity index (χ0) is 12.1. The average Bonchev–Trinajstić information content (AvgIpc) is 2.49. The highest BCUT2D eigenvalue weighted by Crippen LogP contribution is 2.35. The SMILES string of the molecule is CCCCC(NCC)C1C(C)OC(C)C1C. The molecule has 0 aliphatic carbocycles. The first kappa shape index (κ1) is 14.0. The zero-order valence-electron chi connectivity index (χ0n) is 11.6. The maximum absolute atomic E-state index is 5.95. The van der Waals surface area contributed by atoms with E-state index in [1.807, 2.05) is 0 Å². The fourth-order valence-electron chi connectivity index (χ4n) is 3.10. The molecule has 5 unspecified atom stereocenters. The minimum atomic E-state index is 0.408. The summed E-state index contributed by atoms with van der Waals surface area (Å²) in [5.41, 5.74) is 0. The third-order valence-electron chi connectivity index (χ3n) is 4.12. The van der Waals surface area contributed by atoms with Crippen LogP contribution in [0.2, 0.25) is 0 Å². The molecule has 1 aliphatic rings.